The molecule has 0 spiro atoms. The molecule has 0 bridgehead atoms. The molecule has 0 amide bonds. The van der Waals surface area contributed by atoms with Crippen molar-refractivity contribution in [1.29, 1.82) is 0 Å². The molecule has 5 unspecified atom stereocenters. The van der Waals surface area contributed by atoms with Gasteiger partial charge in [-0.15, -0.1) is 8.93 Å². The van der Waals surface area contributed by atoms with E-state index in [1.165, 1.54) is 0 Å². The van der Waals surface area contributed by atoms with Crippen molar-refractivity contribution in [3.8, 4) is 16.9 Å². The maximum absolute atomic E-state index is 12.9. The Morgan fingerprint density at radius 1 is 1.16 bits per heavy atom. The summed E-state index contributed by atoms with van der Waals surface area (Å²) in [5.74, 6) is 0.333. The monoisotopic (exact) mass is 524 g/mol. The van der Waals surface area contributed by atoms with Gasteiger partial charge in [0.15, 0.2) is 11.9 Å². The molecule has 1 aliphatic carbocycles. The highest BCUT2D eigenvalue weighted by atomic mass is 32.0. The van der Waals surface area contributed by atoms with Gasteiger partial charge in [-0.25, -0.2) is 4.79 Å². The molecule has 11 heteroatoms. The van der Waals surface area contributed by atoms with Crippen LogP contribution in [0.25, 0.3) is 11.1 Å². The third-order valence-corrected chi connectivity index (χ3v) is 9.10. The van der Waals surface area contributed by atoms with Gasteiger partial charge in [0.25, 0.3) is 0 Å². The molecule has 1 heterocycles. The number of carbonyl (C=O) groups is 3. The van der Waals surface area contributed by atoms with E-state index in [0.29, 0.717) is 41.5 Å². The van der Waals surface area contributed by atoms with E-state index in [0.717, 1.165) is 30.1 Å². The maximum atomic E-state index is 12.9. The molecule has 6 nitrogen and oxygen atoms in total. The van der Waals surface area contributed by atoms with Crippen molar-refractivity contribution < 1.29 is 28.6 Å². The van der Waals surface area contributed by atoms with E-state index in [1.54, 1.807) is 12.1 Å². The molecule has 2 aromatic carbocycles. The van der Waals surface area contributed by atoms with Crippen LogP contribution < -0.4 is 4.74 Å². The van der Waals surface area contributed by atoms with Crippen molar-refractivity contribution in [2.24, 2.45) is 0 Å². The van der Waals surface area contributed by atoms with E-state index in [2.05, 4.69) is 27.1 Å². The lowest BCUT2D eigenvalue weighted by Crippen LogP contribution is -2.31. The molecule has 2 aromatic rings. The van der Waals surface area contributed by atoms with Gasteiger partial charge in [-0.1, -0.05) is 30.3 Å². The van der Waals surface area contributed by atoms with Crippen LogP contribution in [0.1, 0.15) is 38.3 Å². The van der Waals surface area contributed by atoms with Crippen LogP contribution >= 0.6 is 43.3 Å². The summed E-state index contributed by atoms with van der Waals surface area (Å²) in [7, 11) is 8.12. The molecule has 0 fully saturated rings. The Labute approximate surface area is 195 Å². The zero-order valence-electron chi connectivity index (χ0n) is 16.9. The second-order valence-corrected chi connectivity index (χ2v) is 11.3. The Bertz CT molecular complexity index is 1150. The lowest BCUT2D eigenvalue weighted by molar-refractivity contribution is 0.0658. The van der Waals surface area contributed by atoms with Crippen molar-refractivity contribution in [2.45, 2.75) is 25.6 Å². The topological polar surface area (TPSA) is 78.9 Å². The van der Waals surface area contributed by atoms with Crippen LogP contribution in [0.15, 0.2) is 30.3 Å². The first kappa shape index (κ1) is 24.0. The number of ketones is 2. The van der Waals surface area contributed by atoms with Crippen LogP contribution in [0.5, 0.6) is 5.75 Å². The number of ether oxygens (including phenoxy) is 3. The highest BCUT2D eigenvalue weighted by molar-refractivity contribution is 8.11. The van der Waals surface area contributed by atoms with Gasteiger partial charge in [-0.05, 0) is 55.6 Å². The number of benzene rings is 2. The summed E-state index contributed by atoms with van der Waals surface area (Å²) >= 11 is 0. The molecule has 2 aliphatic rings. The van der Waals surface area contributed by atoms with Gasteiger partial charge in [-0.3, -0.25) is 9.59 Å². The van der Waals surface area contributed by atoms with Gasteiger partial charge in [0.1, 0.15) is 19.0 Å². The summed E-state index contributed by atoms with van der Waals surface area (Å²) in [6.07, 6.45) is 0.369. The van der Waals surface area contributed by atoms with Crippen LogP contribution in [0.3, 0.4) is 0 Å². The fourth-order valence-electron chi connectivity index (χ4n) is 3.82. The van der Waals surface area contributed by atoms with E-state index in [-0.39, 0.29) is 32.2 Å². The molecule has 4 rings (SSSR count). The first-order valence-corrected chi connectivity index (χ1v) is 15.6. The molecule has 166 valence electrons. The van der Waals surface area contributed by atoms with E-state index in [1.807, 2.05) is 18.2 Å². The van der Waals surface area contributed by atoms with Crippen molar-refractivity contribution in [3.63, 3.8) is 0 Å². The molecule has 5 atom stereocenters. The van der Waals surface area contributed by atoms with Crippen molar-refractivity contribution in [3.05, 3.63) is 52.6 Å². The minimum atomic E-state index is -0.738. The molecular formula is C21H21O6P5. The molecule has 0 N–H and O–H groups in total. The molecule has 0 saturated heterocycles. The van der Waals surface area contributed by atoms with Gasteiger partial charge in [0.2, 0.25) is 5.78 Å². The maximum Gasteiger partial charge on any atom is 0.327 e. The lowest BCUT2D eigenvalue weighted by Gasteiger charge is -2.27. The normalized spacial score (nSPS) is 17.4. The second kappa shape index (κ2) is 10.4. The second-order valence-electron chi connectivity index (χ2n) is 7.29. The number of rotatable bonds is 6. The lowest BCUT2D eigenvalue weighted by atomic mass is 9.84. The SMILES string of the molecule is O=C(OC1CCc2cc3c(cc2C1=O)OCc1cc(C(=O)COC(P)=PP)ccc1-3)PP. The Hall–Kier alpha value is -1.10. The number of fused-ring (bicyclic) bond motifs is 4. The highest BCUT2D eigenvalue weighted by Crippen LogP contribution is 2.41. The van der Waals surface area contributed by atoms with Gasteiger partial charge in [-0.2, -0.15) is 0 Å². The predicted octanol–water partition coefficient (Wildman–Crippen LogP) is 5.25. The third-order valence-electron chi connectivity index (χ3n) is 5.39. The zero-order chi connectivity index (χ0) is 22.8. The molecule has 32 heavy (non-hydrogen) atoms. The van der Waals surface area contributed by atoms with Crippen LogP contribution in [0.4, 0.5) is 4.79 Å². The van der Waals surface area contributed by atoms with Crippen molar-refractivity contribution in [2.75, 3.05) is 6.61 Å². The Morgan fingerprint density at radius 3 is 2.72 bits per heavy atom. The summed E-state index contributed by atoms with van der Waals surface area (Å²) < 4.78 is 16.7. The Kier molecular flexibility index (Phi) is 7.85. The number of Topliss-reactive ketones (excluding diaryl/α,β-unsaturated/α-hetero) is 2. The van der Waals surface area contributed by atoms with Crippen molar-refractivity contribution in [1.82, 2.24) is 0 Å². The fraction of sp³-hybridized carbons (Fsp3) is 0.238. The van der Waals surface area contributed by atoms with Gasteiger partial charge < -0.3 is 14.2 Å². The molecular weight excluding hydrogens is 503 g/mol. The van der Waals surface area contributed by atoms with Crippen LogP contribution in [0.2, 0.25) is 0 Å². The van der Waals surface area contributed by atoms with Crippen LogP contribution in [-0.4, -0.2) is 35.2 Å². The zero-order valence-corrected chi connectivity index (χ0v) is 22.3. The quantitative estimate of drug-likeness (QED) is 0.380. The Morgan fingerprint density at radius 2 is 1.97 bits per heavy atom. The standard InChI is InChI=1S/C21H21O6P5/c22-16(9-26-21(28)32-30)11-1-3-13-12(5-11)8-25-18-7-14-10(6-15(13)18)2-4-17(19(14)23)27-20(24)31-29/h1,3,5-7,17,31H,2,4,8-9,28-30H2. The highest BCUT2D eigenvalue weighted by Gasteiger charge is 2.32. The van der Waals surface area contributed by atoms with E-state index < -0.39 is 6.10 Å². The van der Waals surface area contributed by atoms with Gasteiger partial charge in [0.05, 0.1) is 5.22 Å². The van der Waals surface area contributed by atoms with Gasteiger partial charge >= 0.3 is 5.71 Å². The number of hydrogen-bond donors (Lipinski definition) is 0. The predicted molar refractivity (Wildman–Crippen MR) is 139 cm³/mol. The third kappa shape index (κ3) is 5.03. The van der Waals surface area contributed by atoms with Crippen LogP contribution in [-0.2, 0) is 22.5 Å². The van der Waals surface area contributed by atoms with Crippen molar-refractivity contribution >= 4 is 65.8 Å². The largest absolute Gasteiger partial charge is 0.488 e. The number of hydrogen-bond acceptors (Lipinski definition) is 6. The van der Waals surface area contributed by atoms with E-state index in [4.69, 9.17) is 14.2 Å². The summed E-state index contributed by atoms with van der Waals surface area (Å²) in [5, 5.41) is 0.684. The summed E-state index contributed by atoms with van der Waals surface area (Å²) in [4.78, 5) is 37.0. The van der Waals surface area contributed by atoms with Crippen LogP contribution in [0, 0.1) is 0 Å². The molecule has 0 aromatic heterocycles. The fourth-order valence-corrected chi connectivity index (χ4v) is 4.68. The number of aryl methyl sites for hydroxylation is 1. The minimum Gasteiger partial charge on any atom is -0.488 e. The van der Waals surface area contributed by atoms with Gasteiger partial charge in [0, 0.05) is 25.0 Å². The van der Waals surface area contributed by atoms with E-state index >= 15 is 0 Å². The molecule has 1 aliphatic heterocycles. The first-order chi connectivity index (χ1) is 15.4. The smallest absolute Gasteiger partial charge is 0.327 e. The number of carbonyl (C=O) groups excluding carboxylic acids is 3. The average Bonchev–Trinajstić information content (AvgIpc) is 2.82. The average molecular weight is 524 g/mol. The minimum absolute atomic E-state index is 0.0188. The Balaban J connectivity index is 1.60. The van der Waals surface area contributed by atoms with E-state index in [9.17, 15) is 14.4 Å². The summed E-state index contributed by atoms with van der Waals surface area (Å²) in [5.41, 5.74) is 4.45. The summed E-state index contributed by atoms with van der Waals surface area (Å²) in [6, 6.07) is 9.29. The molecule has 0 radical (unpaired) electrons. The molecule has 0 saturated carbocycles. The first-order valence-electron chi connectivity index (χ1n) is 9.75. The summed E-state index contributed by atoms with van der Waals surface area (Å²) in [6.45, 7) is 0.282.